The number of hydrogen-bond acceptors (Lipinski definition) is 5. The summed E-state index contributed by atoms with van der Waals surface area (Å²) in [5.74, 6) is -0.241. The van der Waals surface area contributed by atoms with Gasteiger partial charge in [0.05, 0.1) is 12.2 Å². The average Bonchev–Trinajstić information content (AvgIpc) is 2.60. The molecule has 0 aliphatic carbocycles. The number of nitrogens with zero attached hydrogens (tertiary/aromatic N) is 1. The Balaban J connectivity index is 1.48. The van der Waals surface area contributed by atoms with Crippen LogP contribution in [0.2, 0.25) is 0 Å². The van der Waals surface area contributed by atoms with Crippen LogP contribution in [0.5, 0.6) is 0 Å². The summed E-state index contributed by atoms with van der Waals surface area (Å²) in [6.45, 7) is 7.63. The van der Waals surface area contributed by atoms with Crippen LogP contribution < -0.4 is 5.48 Å². The third kappa shape index (κ3) is 5.51. The van der Waals surface area contributed by atoms with Gasteiger partial charge in [-0.1, -0.05) is 12.1 Å². The van der Waals surface area contributed by atoms with Gasteiger partial charge >= 0.3 is 0 Å². The molecule has 3 atom stereocenters. The van der Waals surface area contributed by atoms with E-state index in [4.69, 9.17) is 14.3 Å². The van der Waals surface area contributed by atoms with Crippen LogP contribution in [0.4, 0.5) is 0 Å². The minimum absolute atomic E-state index is 0.241. The van der Waals surface area contributed by atoms with Crippen molar-refractivity contribution in [3.8, 4) is 0 Å². The van der Waals surface area contributed by atoms with Gasteiger partial charge in [0.25, 0.3) is 5.91 Å². The summed E-state index contributed by atoms with van der Waals surface area (Å²) in [5.41, 5.74) is 4.27. The summed E-state index contributed by atoms with van der Waals surface area (Å²) in [7, 11) is 0. The molecule has 1 amide bonds. The molecule has 0 bridgehead atoms. The van der Waals surface area contributed by atoms with Gasteiger partial charge in [0, 0.05) is 38.2 Å². The first-order chi connectivity index (χ1) is 12.1. The molecule has 6 nitrogen and oxygen atoms in total. The highest BCUT2D eigenvalue weighted by Gasteiger charge is 2.22. The number of carbonyl (C=O) groups excluding carboxylic acids is 1. The minimum Gasteiger partial charge on any atom is -0.373 e. The second-order valence-electron chi connectivity index (χ2n) is 6.99. The second-order valence-corrected chi connectivity index (χ2v) is 6.99. The highest BCUT2D eigenvalue weighted by atomic mass is 16.8. The van der Waals surface area contributed by atoms with Gasteiger partial charge in [0.15, 0.2) is 6.29 Å². The van der Waals surface area contributed by atoms with Crippen LogP contribution in [-0.2, 0) is 20.9 Å². The van der Waals surface area contributed by atoms with Gasteiger partial charge in [-0.05, 0) is 44.4 Å². The summed E-state index contributed by atoms with van der Waals surface area (Å²) in [5, 5.41) is 0. The molecule has 2 heterocycles. The lowest BCUT2D eigenvalue weighted by Gasteiger charge is -2.35. The highest BCUT2D eigenvalue weighted by molar-refractivity contribution is 5.93. The van der Waals surface area contributed by atoms with Gasteiger partial charge in [-0.3, -0.25) is 9.69 Å². The van der Waals surface area contributed by atoms with Crippen LogP contribution in [0.1, 0.15) is 49.0 Å². The predicted octanol–water partition coefficient (Wildman–Crippen LogP) is 2.48. The Bertz CT molecular complexity index is 547. The number of benzene rings is 1. The van der Waals surface area contributed by atoms with E-state index in [1.807, 2.05) is 24.3 Å². The number of rotatable bonds is 5. The second kappa shape index (κ2) is 8.76. The number of carbonyl (C=O) groups is 1. The van der Waals surface area contributed by atoms with E-state index in [1.165, 1.54) is 5.56 Å². The quantitative estimate of drug-likeness (QED) is 0.829. The smallest absolute Gasteiger partial charge is 0.274 e. The highest BCUT2D eigenvalue weighted by Crippen LogP contribution is 2.15. The molecule has 2 aliphatic rings. The Morgan fingerprint density at radius 2 is 1.92 bits per heavy atom. The molecule has 0 unspecified atom stereocenters. The predicted molar refractivity (Wildman–Crippen MR) is 93.9 cm³/mol. The number of ether oxygens (including phenoxy) is 2. The maximum Gasteiger partial charge on any atom is 0.274 e. The van der Waals surface area contributed by atoms with E-state index in [0.29, 0.717) is 12.2 Å². The molecular formula is C19H28N2O4. The van der Waals surface area contributed by atoms with Gasteiger partial charge in [-0.25, -0.2) is 10.3 Å². The van der Waals surface area contributed by atoms with E-state index in [0.717, 1.165) is 38.9 Å². The zero-order valence-electron chi connectivity index (χ0n) is 15.1. The summed E-state index contributed by atoms with van der Waals surface area (Å²) < 4.78 is 11.2. The maximum absolute atomic E-state index is 12.2. The van der Waals surface area contributed by atoms with Crippen molar-refractivity contribution in [2.75, 3.05) is 19.7 Å². The normalized spacial score (nSPS) is 27.8. The number of hydroxylamine groups is 1. The van der Waals surface area contributed by atoms with E-state index in [2.05, 4.69) is 24.2 Å². The van der Waals surface area contributed by atoms with Gasteiger partial charge in [0.2, 0.25) is 0 Å². The third-order valence-corrected chi connectivity index (χ3v) is 4.54. The Morgan fingerprint density at radius 1 is 1.20 bits per heavy atom. The topological polar surface area (TPSA) is 60.0 Å². The molecule has 0 saturated carbocycles. The van der Waals surface area contributed by atoms with Crippen molar-refractivity contribution in [2.45, 2.75) is 58.2 Å². The van der Waals surface area contributed by atoms with Crippen molar-refractivity contribution in [3.05, 3.63) is 35.4 Å². The van der Waals surface area contributed by atoms with Crippen LogP contribution in [0.3, 0.4) is 0 Å². The van der Waals surface area contributed by atoms with Crippen molar-refractivity contribution in [3.63, 3.8) is 0 Å². The Hall–Kier alpha value is -1.47. The van der Waals surface area contributed by atoms with Crippen molar-refractivity contribution in [1.82, 2.24) is 10.4 Å². The lowest BCUT2D eigenvalue weighted by Crippen LogP contribution is -2.44. The maximum atomic E-state index is 12.2. The largest absolute Gasteiger partial charge is 0.373 e. The number of nitrogens with one attached hydrogen (secondary N) is 1. The standard InChI is InChI=1S/C19H28N2O4/c1-14-11-21(12-15(2)24-14)13-16-6-8-17(9-7-16)19(22)20-25-18-5-3-4-10-23-18/h6-9,14-15,18H,3-5,10-13H2,1-2H3,(H,20,22)/t14-,15-,18+/m1/s1. The first-order valence-electron chi connectivity index (χ1n) is 9.14. The summed E-state index contributed by atoms with van der Waals surface area (Å²) in [4.78, 5) is 19.9. The Labute approximate surface area is 149 Å². The molecule has 3 rings (SSSR count). The minimum atomic E-state index is -0.331. The molecule has 1 N–H and O–H groups in total. The first-order valence-corrected chi connectivity index (χ1v) is 9.14. The van der Waals surface area contributed by atoms with Crippen LogP contribution in [0, 0.1) is 0 Å². The summed E-state index contributed by atoms with van der Waals surface area (Å²) in [6, 6.07) is 7.67. The van der Waals surface area contributed by atoms with E-state index in [1.54, 1.807) is 0 Å². The van der Waals surface area contributed by atoms with E-state index < -0.39 is 0 Å². The molecule has 2 aliphatic heterocycles. The van der Waals surface area contributed by atoms with Gasteiger partial charge in [-0.2, -0.15) is 0 Å². The van der Waals surface area contributed by atoms with Gasteiger partial charge < -0.3 is 9.47 Å². The van der Waals surface area contributed by atoms with Crippen molar-refractivity contribution >= 4 is 5.91 Å². The zero-order valence-corrected chi connectivity index (χ0v) is 15.1. The lowest BCUT2D eigenvalue weighted by atomic mass is 10.1. The van der Waals surface area contributed by atoms with Crippen molar-refractivity contribution < 1.29 is 19.1 Å². The molecular weight excluding hydrogens is 320 g/mol. The number of amides is 1. The van der Waals surface area contributed by atoms with Crippen LogP contribution in [0.25, 0.3) is 0 Å². The van der Waals surface area contributed by atoms with Crippen LogP contribution >= 0.6 is 0 Å². The molecule has 0 radical (unpaired) electrons. The summed E-state index contributed by atoms with van der Waals surface area (Å²) in [6.07, 6.45) is 3.11. The molecule has 0 aromatic heterocycles. The average molecular weight is 348 g/mol. The molecule has 1 aromatic carbocycles. The molecule has 2 saturated heterocycles. The van der Waals surface area contributed by atoms with Crippen LogP contribution in [0.15, 0.2) is 24.3 Å². The Morgan fingerprint density at radius 3 is 2.56 bits per heavy atom. The molecule has 25 heavy (non-hydrogen) atoms. The van der Waals surface area contributed by atoms with Gasteiger partial charge in [0.1, 0.15) is 0 Å². The number of hydrogen-bond donors (Lipinski definition) is 1. The zero-order chi connectivity index (χ0) is 17.6. The number of morpholine rings is 1. The van der Waals surface area contributed by atoms with Crippen molar-refractivity contribution in [2.24, 2.45) is 0 Å². The monoisotopic (exact) mass is 348 g/mol. The van der Waals surface area contributed by atoms with E-state index in [-0.39, 0.29) is 24.4 Å². The lowest BCUT2D eigenvalue weighted by molar-refractivity contribution is -0.186. The first kappa shape index (κ1) is 18.3. The fourth-order valence-corrected chi connectivity index (χ4v) is 3.42. The summed E-state index contributed by atoms with van der Waals surface area (Å²) >= 11 is 0. The molecule has 6 heteroatoms. The van der Waals surface area contributed by atoms with Crippen molar-refractivity contribution in [1.29, 1.82) is 0 Å². The van der Waals surface area contributed by atoms with Crippen LogP contribution in [-0.4, -0.2) is 49.0 Å². The van der Waals surface area contributed by atoms with Gasteiger partial charge in [-0.15, -0.1) is 0 Å². The molecule has 2 fully saturated rings. The van der Waals surface area contributed by atoms with E-state index in [9.17, 15) is 4.79 Å². The third-order valence-electron chi connectivity index (χ3n) is 4.54. The molecule has 0 spiro atoms. The fourth-order valence-electron chi connectivity index (χ4n) is 3.42. The van der Waals surface area contributed by atoms with E-state index >= 15 is 0 Å². The Kier molecular flexibility index (Phi) is 6.42. The molecule has 1 aromatic rings. The SMILES string of the molecule is C[C@@H]1CN(Cc2ccc(C(=O)NO[C@H]3CCCCO3)cc2)C[C@@H](C)O1. The fraction of sp³-hybridized carbons (Fsp3) is 0.632. The molecule has 138 valence electrons.